The van der Waals surface area contributed by atoms with E-state index >= 15 is 0 Å². The van der Waals surface area contributed by atoms with E-state index in [1.165, 1.54) is 0 Å². The lowest BCUT2D eigenvalue weighted by atomic mass is 9.82. The van der Waals surface area contributed by atoms with Gasteiger partial charge in [0.1, 0.15) is 0 Å². The average molecular weight is 591 g/mol. The zero-order valence-electron chi connectivity index (χ0n) is 23.5. The fourth-order valence-electron chi connectivity index (χ4n) is 7.29. The van der Waals surface area contributed by atoms with Crippen molar-refractivity contribution in [2.24, 2.45) is 5.92 Å². The summed E-state index contributed by atoms with van der Waals surface area (Å²) in [7, 11) is -2.78. The van der Waals surface area contributed by atoms with E-state index in [0.717, 1.165) is 34.6 Å². The van der Waals surface area contributed by atoms with Crippen molar-refractivity contribution in [1.82, 2.24) is 0 Å². The Morgan fingerprint density at radius 2 is 1.80 bits per heavy atom. The normalized spacial score (nSPS) is 25.7. The Bertz CT molecular complexity index is 1520. The number of carbonyl (C=O) groups is 2. The Balaban J connectivity index is 1.39. The maximum atomic E-state index is 14.5. The number of para-hydroxylation sites is 1. The highest BCUT2D eigenvalue weighted by molar-refractivity contribution is 6.71. The topological polar surface area (TPSA) is 90.3 Å². The molecule has 41 heavy (non-hydrogen) atoms. The van der Waals surface area contributed by atoms with Crippen LogP contribution in [0.1, 0.15) is 36.5 Å². The number of fused-ring (bicyclic) bond motifs is 3. The highest BCUT2D eigenvalue weighted by Gasteiger charge is 2.66. The molecule has 0 unspecified atom stereocenters. The van der Waals surface area contributed by atoms with Gasteiger partial charge in [-0.2, -0.15) is 0 Å². The Labute approximate surface area is 246 Å². The van der Waals surface area contributed by atoms with E-state index in [9.17, 15) is 19.5 Å². The molecule has 0 aliphatic carbocycles. The fraction of sp³-hybridized carbons (Fsp3) is 0.375. The molecule has 0 radical (unpaired) electrons. The lowest BCUT2D eigenvalue weighted by Crippen LogP contribution is -2.46. The van der Waals surface area contributed by atoms with Crippen LogP contribution >= 0.6 is 11.6 Å². The molecule has 1 spiro atoms. The lowest BCUT2D eigenvalue weighted by molar-refractivity contribution is -0.146. The van der Waals surface area contributed by atoms with E-state index in [2.05, 4.69) is 6.07 Å². The van der Waals surface area contributed by atoms with Gasteiger partial charge in [0.15, 0.2) is 13.9 Å². The Morgan fingerprint density at radius 1 is 1.02 bits per heavy atom. The molecule has 3 aromatic rings. The van der Waals surface area contributed by atoms with Gasteiger partial charge in [-0.15, -0.1) is 0 Å². The number of amides is 2. The van der Waals surface area contributed by atoms with Crippen LogP contribution in [0.2, 0.25) is 23.7 Å². The summed E-state index contributed by atoms with van der Waals surface area (Å²) < 4.78 is 6.65. The highest BCUT2D eigenvalue weighted by atomic mass is 35.5. The molecule has 2 amide bonds. The molecule has 0 bridgehead atoms. The van der Waals surface area contributed by atoms with Gasteiger partial charge >= 0.3 is 0 Å². The van der Waals surface area contributed by atoms with Crippen LogP contribution in [0.4, 0.5) is 17.1 Å². The quantitative estimate of drug-likeness (QED) is 0.361. The number of nitrogens with zero attached hydrogens (tertiary/aromatic N) is 2. The minimum Gasteiger partial charge on any atom is -0.432 e. The number of hydrogen-bond donors (Lipinski definition) is 2. The van der Waals surface area contributed by atoms with Crippen molar-refractivity contribution in [2.75, 3.05) is 16.4 Å². The van der Waals surface area contributed by atoms with E-state index in [4.69, 9.17) is 16.3 Å². The molecule has 6 rings (SSSR count). The van der Waals surface area contributed by atoms with Crippen LogP contribution < -0.4 is 9.80 Å². The molecule has 2 N–H and O–H groups in total. The predicted molar refractivity (Wildman–Crippen MR) is 162 cm³/mol. The molecule has 0 saturated carbocycles. The summed E-state index contributed by atoms with van der Waals surface area (Å²) in [5.41, 5.74) is 3.52. The van der Waals surface area contributed by atoms with Crippen molar-refractivity contribution < 1.29 is 24.2 Å². The number of rotatable bonds is 6. The summed E-state index contributed by atoms with van der Waals surface area (Å²) in [6.45, 7) is 5.88. The maximum absolute atomic E-state index is 14.5. The van der Waals surface area contributed by atoms with E-state index in [1.807, 2.05) is 68.5 Å². The number of aryl methyl sites for hydroxylation is 1. The first-order valence-electron chi connectivity index (χ1n) is 14.2. The number of anilines is 3. The molecule has 3 aromatic carbocycles. The van der Waals surface area contributed by atoms with Crippen molar-refractivity contribution in [2.45, 2.75) is 63.1 Å². The first-order chi connectivity index (χ1) is 19.6. The summed E-state index contributed by atoms with van der Waals surface area (Å²) >= 11 is 6.47. The lowest BCUT2D eigenvalue weighted by Gasteiger charge is -2.32. The Morgan fingerprint density at radius 3 is 2.56 bits per heavy atom. The van der Waals surface area contributed by atoms with Crippen molar-refractivity contribution in [1.29, 1.82) is 0 Å². The molecule has 3 aliphatic rings. The summed E-state index contributed by atoms with van der Waals surface area (Å²) in [6, 6.07) is 21.1. The first kappa shape index (κ1) is 28.1. The van der Waals surface area contributed by atoms with Gasteiger partial charge in [0.2, 0.25) is 5.91 Å². The standard InChI is InChI=1S/C32H35ClN2O5Si/c1-20-30(41(2,3)39)28(15-16-36)40-32(20)25-18-23(33)12-13-27(25)34(31(32)38)19-21-7-6-9-24(17-21)35-26-10-5-4-8-22(26)11-14-29(35)37/h4-10,12-13,17-18,20,28,30,36,39H,11,14-16,19H2,1-3H3/t20-,28+,30-,32+/m1/s1. The third-order valence-electron chi connectivity index (χ3n) is 8.96. The molecule has 3 aliphatic heterocycles. The monoisotopic (exact) mass is 590 g/mol. The van der Waals surface area contributed by atoms with Gasteiger partial charge in [-0.3, -0.25) is 14.5 Å². The summed E-state index contributed by atoms with van der Waals surface area (Å²) in [5.74, 6) is -0.480. The summed E-state index contributed by atoms with van der Waals surface area (Å²) in [6.07, 6.45) is 1.05. The van der Waals surface area contributed by atoms with Crippen LogP contribution in [-0.4, -0.2) is 42.7 Å². The predicted octanol–water partition coefficient (Wildman–Crippen LogP) is 5.68. The number of hydrogen-bond acceptors (Lipinski definition) is 5. The maximum Gasteiger partial charge on any atom is 0.264 e. The SMILES string of the molecule is C[C@@H]1[C@@H]([Si](C)(C)O)[C@H](CCO)O[C@@]12C(=O)N(Cc1cccc(N3C(=O)CCc4ccccc43)c1)c1ccc(Cl)cc12. The highest BCUT2D eigenvalue weighted by Crippen LogP contribution is 2.60. The van der Waals surface area contributed by atoms with E-state index in [-0.39, 0.29) is 36.4 Å². The van der Waals surface area contributed by atoms with Crippen molar-refractivity contribution in [3.05, 3.63) is 88.4 Å². The number of aliphatic hydroxyl groups excluding tert-OH is 1. The van der Waals surface area contributed by atoms with Gasteiger partial charge in [0.05, 0.1) is 24.0 Å². The molecular formula is C32H35ClN2O5Si. The van der Waals surface area contributed by atoms with Crippen LogP contribution in [-0.2, 0) is 32.9 Å². The summed E-state index contributed by atoms with van der Waals surface area (Å²) in [4.78, 5) is 42.3. The van der Waals surface area contributed by atoms with E-state index in [1.54, 1.807) is 21.9 Å². The second-order valence-electron chi connectivity index (χ2n) is 12.0. The zero-order chi connectivity index (χ0) is 29.1. The smallest absolute Gasteiger partial charge is 0.264 e. The molecular weight excluding hydrogens is 556 g/mol. The molecule has 7 nitrogen and oxygen atoms in total. The third-order valence-corrected chi connectivity index (χ3v) is 11.7. The Hall–Kier alpha value is -3.01. The second-order valence-corrected chi connectivity index (χ2v) is 16.4. The van der Waals surface area contributed by atoms with Crippen molar-refractivity contribution >= 4 is 48.8 Å². The first-order valence-corrected chi connectivity index (χ1v) is 17.6. The minimum atomic E-state index is -2.78. The van der Waals surface area contributed by atoms with Gasteiger partial charge in [-0.1, -0.05) is 48.9 Å². The number of ether oxygens (including phenoxy) is 1. The van der Waals surface area contributed by atoms with Crippen LogP contribution in [0.5, 0.6) is 0 Å². The molecule has 1 saturated heterocycles. The molecule has 4 atom stereocenters. The molecule has 214 valence electrons. The van der Waals surface area contributed by atoms with Crippen LogP contribution in [0, 0.1) is 5.92 Å². The zero-order valence-corrected chi connectivity index (χ0v) is 25.3. The largest absolute Gasteiger partial charge is 0.432 e. The van der Waals surface area contributed by atoms with Gasteiger partial charge in [-0.25, -0.2) is 0 Å². The average Bonchev–Trinajstić information content (AvgIpc) is 3.35. The van der Waals surface area contributed by atoms with E-state index < -0.39 is 20.0 Å². The van der Waals surface area contributed by atoms with Crippen molar-refractivity contribution in [3.8, 4) is 0 Å². The molecule has 1 fully saturated rings. The van der Waals surface area contributed by atoms with Crippen LogP contribution in [0.25, 0.3) is 0 Å². The second kappa shape index (κ2) is 10.4. The summed E-state index contributed by atoms with van der Waals surface area (Å²) in [5, 5.41) is 10.3. The third kappa shape index (κ3) is 4.53. The number of benzene rings is 3. The van der Waals surface area contributed by atoms with Crippen molar-refractivity contribution in [3.63, 3.8) is 0 Å². The molecule has 3 heterocycles. The minimum absolute atomic E-state index is 0.0435. The van der Waals surface area contributed by atoms with Crippen LogP contribution in [0.15, 0.2) is 66.7 Å². The van der Waals surface area contributed by atoms with Gasteiger partial charge in [-0.05, 0) is 73.5 Å². The number of carbonyl (C=O) groups excluding carboxylic acids is 2. The Kier molecular flexibility index (Phi) is 7.11. The molecule has 9 heteroatoms. The van der Waals surface area contributed by atoms with E-state index in [0.29, 0.717) is 23.4 Å². The van der Waals surface area contributed by atoms with Gasteiger partial charge in [0, 0.05) is 40.8 Å². The number of halogens is 1. The number of aliphatic hydroxyl groups is 1. The van der Waals surface area contributed by atoms with Crippen LogP contribution in [0.3, 0.4) is 0 Å². The van der Waals surface area contributed by atoms with Gasteiger partial charge in [0.25, 0.3) is 5.91 Å². The fourth-order valence-corrected chi connectivity index (χ4v) is 10.1. The van der Waals surface area contributed by atoms with Gasteiger partial charge < -0.3 is 19.5 Å². The molecule has 0 aromatic heterocycles.